The van der Waals surface area contributed by atoms with Crippen molar-refractivity contribution in [2.24, 2.45) is 0 Å². The predicted octanol–water partition coefficient (Wildman–Crippen LogP) is 2.25. The minimum atomic E-state index is -0.159. The van der Waals surface area contributed by atoms with Gasteiger partial charge in [0.2, 0.25) is 0 Å². The van der Waals surface area contributed by atoms with Crippen LogP contribution in [0.2, 0.25) is 0 Å². The highest BCUT2D eigenvalue weighted by atomic mass is 16.5. The zero-order valence-corrected chi connectivity index (χ0v) is 9.92. The predicted molar refractivity (Wildman–Crippen MR) is 60.7 cm³/mol. The Morgan fingerprint density at radius 2 is 1.93 bits per heavy atom. The van der Waals surface area contributed by atoms with Gasteiger partial charge in [0.1, 0.15) is 6.04 Å². The number of hydrogen-bond acceptors (Lipinski definition) is 3. The van der Waals surface area contributed by atoms with Crippen LogP contribution in [0.25, 0.3) is 0 Å². The van der Waals surface area contributed by atoms with E-state index >= 15 is 0 Å². The van der Waals surface area contributed by atoms with Gasteiger partial charge in [-0.25, -0.2) is 0 Å². The van der Waals surface area contributed by atoms with Crippen LogP contribution in [0.3, 0.4) is 0 Å². The SMILES string of the molecule is CCOC(=O)C(C)NC1CCCCCC1. The van der Waals surface area contributed by atoms with E-state index < -0.39 is 0 Å². The molecule has 3 nitrogen and oxygen atoms in total. The van der Waals surface area contributed by atoms with Gasteiger partial charge in [-0.05, 0) is 26.7 Å². The summed E-state index contributed by atoms with van der Waals surface area (Å²) in [4.78, 5) is 11.4. The van der Waals surface area contributed by atoms with Gasteiger partial charge in [-0.2, -0.15) is 0 Å². The largest absolute Gasteiger partial charge is 0.465 e. The van der Waals surface area contributed by atoms with Crippen LogP contribution < -0.4 is 5.32 Å². The maximum Gasteiger partial charge on any atom is 0.322 e. The molecule has 0 radical (unpaired) electrons. The molecule has 1 atom stereocenters. The Hall–Kier alpha value is -0.570. The molecule has 3 heteroatoms. The summed E-state index contributed by atoms with van der Waals surface area (Å²) in [5, 5.41) is 3.37. The normalized spacial score (nSPS) is 20.7. The Labute approximate surface area is 92.6 Å². The average Bonchev–Trinajstić information content (AvgIpc) is 2.46. The van der Waals surface area contributed by atoms with E-state index in [1.165, 1.54) is 38.5 Å². The minimum absolute atomic E-state index is 0.123. The third kappa shape index (κ3) is 4.65. The monoisotopic (exact) mass is 213 g/mol. The summed E-state index contributed by atoms with van der Waals surface area (Å²) in [5.41, 5.74) is 0. The Kier molecular flexibility index (Phi) is 5.69. The van der Waals surface area contributed by atoms with E-state index in [1.54, 1.807) is 0 Å². The van der Waals surface area contributed by atoms with E-state index in [9.17, 15) is 4.79 Å². The van der Waals surface area contributed by atoms with Crippen LogP contribution in [-0.4, -0.2) is 24.7 Å². The smallest absolute Gasteiger partial charge is 0.322 e. The Morgan fingerprint density at radius 1 is 1.33 bits per heavy atom. The third-order valence-corrected chi connectivity index (χ3v) is 2.98. The molecule has 1 aliphatic carbocycles. The number of carbonyl (C=O) groups is 1. The highest BCUT2D eigenvalue weighted by molar-refractivity contribution is 5.75. The number of hydrogen-bond donors (Lipinski definition) is 1. The molecule has 1 saturated carbocycles. The maximum atomic E-state index is 11.4. The molecule has 1 unspecified atom stereocenters. The summed E-state index contributed by atoms with van der Waals surface area (Å²) in [6, 6.07) is 0.347. The lowest BCUT2D eigenvalue weighted by Crippen LogP contribution is -2.42. The molecule has 0 heterocycles. The second kappa shape index (κ2) is 6.83. The maximum absolute atomic E-state index is 11.4. The molecule has 0 amide bonds. The van der Waals surface area contributed by atoms with Crippen molar-refractivity contribution in [3.63, 3.8) is 0 Å². The first-order valence-corrected chi connectivity index (χ1v) is 6.16. The first kappa shape index (κ1) is 12.5. The molecule has 0 aliphatic heterocycles. The molecule has 0 saturated heterocycles. The van der Waals surface area contributed by atoms with E-state index in [0.29, 0.717) is 12.6 Å². The quantitative estimate of drug-likeness (QED) is 0.575. The molecule has 0 bridgehead atoms. The Balaban J connectivity index is 2.28. The van der Waals surface area contributed by atoms with Crippen molar-refractivity contribution < 1.29 is 9.53 Å². The van der Waals surface area contributed by atoms with Crippen LogP contribution in [-0.2, 0) is 9.53 Å². The van der Waals surface area contributed by atoms with Crippen LogP contribution in [0.15, 0.2) is 0 Å². The van der Waals surface area contributed by atoms with E-state index in [2.05, 4.69) is 5.32 Å². The molecule has 1 N–H and O–H groups in total. The van der Waals surface area contributed by atoms with Crippen molar-refractivity contribution in [1.82, 2.24) is 5.32 Å². The topological polar surface area (TPSA) is 38.3 Å². The Bertz CT molecular complexity index is 186. The second-order valence-corrected chi connectivity index (χ2v) is 4.33. The molecule has 0 aromatic heterocycles. The van der Waals surface area contributed by atoms with Gasteiger partial charge in [-0.1, -0.05) is 25.7 Å². The van der Waals surface area contributed by atoms with E-state index in [0.717, 1.165) is 0 Å². The van der Waals surface area contributed by atoms with Crippen molar-refractivity contribution in [1.29, 1.82) is 0 Å². The van der Waals surface area contributed by atoms with Gasteiger partial charge in [0.25, 0.3) is 0 Å². The van der Waals surface area contributed by atoms with Gasteiger partial charge in [0.05, 0.1) is 6.61 Å². The summed E-state index contributed by atoms with van der Waals surface area (Å²) in [5.74, 6) is -0.123. The van der Waals surface area contributed by atoms with Gasteiger partial charge in [0, 0.05) is 6.04 Å². The summed E-state index contributed by atoms with van der Waals surface area (Å²) >= 11 is 0. The molecule has 1 fully saturated rings. The van der Waals surface area contributed by atoms with Gasteiger partial charge in [-0.15, -0.1) is 0 Å². The molecule has 15 heavy (non-hydrogen) atoms. The molecule has 0 aromatic carbocycles. The van der Waals surface area contributed by atoms with E-state index in [-0.39, 0.29) is 12.0 Å². The van der Waals surface area contributed by atoms with Crippen molar-refractivity contribution in [3.05, 3.63) is 0 Å². The van der Waals surface area contributed by atoms with Gasteiger partial charge >= 0.3 is 5.97 Å². The minimum Gasteiger partial charge on any atom is -0.465 e. The van der Waals surface area contributed by atoms with Gasteiger partial charge in [-0.3, -0.25) is 4.79 Å². The highest BCUT2D eigenvalue weighted by Crippen LogP contribution is 2.17. The van der Waals surface area contributed by atoms with Crippen LogP contribution in [0.4, 0.5) is 0 Å². The Morgan fingerprint density at radius 3 is 2.47 bits per heavy atom. The summed E-state index contributed by atoms with van der Waals surface area (Å²) in [7, 11) is 0. The van der Waals surface area contributed by atoms with Crippen LogP contribution in [0.5, 0.6) is 0 Å². The molecule has 88 valence electrons. The third-order valence-electron chi connectivity index (χ3n) is 2.98. The van der Waals surface area contributed by atoms with Gasteiger partial charge < -0.3 is 10.1 Å². The van der Waals surface area contributed by atoms with E-state index in [4.69, 9.17) is 4.74 Å². The molecular weight excluding hydrogens is 190 g/mol. The molecule has 1 rings (SSSR count). The zero-order valence-electron chi connectivity index (χ0n) is 9.92. The van der Waals surface area contributed by atoms with Crippen molar-refractivity contribution >= 4 is 5.97 Å². The lowest BCUT2D eigenvalue weighted by Gasteiger charge is -2.20. The number of nitrogens with one attached hydrogen (secondary N) is 1. The van der Waals surface area contributed by atoms with E-state index in [1.807, 2.05) is 13.8 Å². The summed E-state index contributed by atoms with van der Waals surface area (Å²) in [6.07, 6.45) is 7.64. The lowest BCUT2D eigenvalue weighted by atomic mass is 10.1. The number of rotatable bonds is 4. The van der Waals surface area contributed by atoms with Crippen molar-refractivity contribution in [3.8, 4) is 0 Å². The average molecular weight is 213 g/mol. The first-order chi connectivity index (χ1) is 7.24. The standard InChI is InChI=1S/C12H23NO2/c1-3-15-12(14)10(2)13-11-8-6-4-5-7-9-11/h10-11,13H,3-9H2,1-2H3. The zero-order chi connectivity index (χ0) is 11.1. The van der Waals surface area contributed by atoms with Crippen molar-refractivity contribution in [2.45, 2.75) is 64.5 Å². The van der Waals surface area contributed by atoms with Crippen molar-refractivity contribution in [2.75, 3.05) is 6.61 Å². The summed E-state index contributed by atoms with van der Waals surface area (Å²) < 4.78 is 4.98. The molecular formula is C12H23NO2. The second-order valence-electron chi connectivity index (χ2n) is 4.33. The number of esters is 1. The lowest BCUT2D eigenvalue weighted by molar-refractivity contribution is -0.145. The van der Waals surface area contributed by atoms with Gasteiger partial charge in [0.15, 0.2) is 0 Å². The molecule has 1 aliphatic rings. The number of ether oxygens (including phenoxy) is 1. The fourth-order valence-corrected chi connectivity index (χ4v) is 2.13. The van der Waals surface area contributed by atoms with Crippen LogP contribution in [0.1, 0.15) is 52.4 Å². The van der Waals surface area contributed by atoms with Crippen LogP contribution in [0, 0.1) is 0 Å². The van der Waals surface area contributed by atoms with Crippen LogP contribution >= 0.6 is 0 Å². The fourth-order valence-electron chi connectivity index (χ4n) is 2.13. The first-order valence-electron chi connectivity index (χ1n) is 6.16. The summed E-state index contributed by atoms with van der Waals surface area (Å²) in [6.45, 7) is 4.20. The fraction of sp³-hybridized carbons (Fsp3) is 0.917. The highest BCUT2D eigenvalue weighted by Gasteiger charge is 2.19. The number of carbonyl (C=O) groups excluding carboxylic acids is 1. The molecule has 0 aromatic rings. The molecule has 0 spiro atoms.